The third-order valence-electron chi connectivity index (χ3n) is 3.78. The predicted octanol–water partition coefficient (Wildman–Crippen LogP) is 5.45. The van der Waals surface area contributed by atoms with Gasteiger partial charge in [-0.25, -0.2) is 9.97 Å². The van der Waals surface area contributed by atoms with Crippen molar-refractivity contribution in [3.8, 4) is 0 Å². The molecular formula is C19H18ClIN4. The number of anilines is 3. The lowest BCUT2D eigenvalue weighted by Crippen LogP contribution is -2.18. The van der Waals surface area contributed by atoms with Gasteiger partial charge in [-0.1, -0.05) is 70.6 Å². The van der Waals surface area contributed by atoms with Crippen molar-refractivity contribution in [1.82, 2.24) is 9.97 Å². The molecule has 0 amide bonds. The van der Waals surface area contributed by atoms with Crippen LogP contribution in [0.1, 0.15) is 11.1 Å². The third-order valence-corrected chi connectivity index (χ3v) is 4.81. The minimum atomic E-state index is 0.419. The molecule has 4 nitrogen and oxygen atoms in total. The Morgan fingerprint density at radius 3 is 2.64 bits per heavy atom. The van der Waals surface area contributed by atoms with Gasteiger partial charge in [0.05, 0.1) is 0 Å². The second kappa shape index (κ2) is 8.49. The first-order valence-electron chi connectivity index (χ1n) is 7.85. The number of hydrogen-bond acceptors (Lipinski definition) is 4. The summed E-state index contributed by atoms with van der Waals surface area (Å²) in [6, 6.07) is 18.4. The van der Waals surface area contributed by atoms with Crippen molar-refractivity contribution in [2.24, 2.45) is 0 Å². The molecule has 128 valence electrons. The molecule has 1 heterocycles. The molecule has 0 aliphatic heterocycles. The van der Waals surface area contributed by atoms with E-state index in [1.807, 2.05) is 12.1 Å². The van der Waals surface area contributed by atoms with E-state index < -0.39 is 0 Å². The van der Waals surface area contributed by atoms with E-state index in [9.17, 15) is 0 Å². The van der Waals surface area contributed by atoms with Gasteiger partial charge in [0.15, 0.2) is 0 Å². The van der Waals surface area contributed by atoms with Crippen LogP contribution in [0.4, 0.5) is 17.3 Å². The average Bonchev–Trinajstić information content (AvgIpc) is 2.62. The SMILES string of the molecule is CN(Cc1ccccc1)c1cc(Nc2nccc(Cl)n2)ccc1CI. The maximum Gasteiger partial charge on any atom is 0.228 e. The van der Waals surface area contributed by atoms with E-state index in [4.69, 9.17) is 11.6 Å². The molecule has 0 aliphatic rings. The normalized spacial score (nSPS) is 10.5. The maximum absolute atomic E-state index is 5.93. The monoisotopic (exact) mass is 464 g/mol. The van der Waals surface area contributed by atoms with Crippen LogP contribution in [0.3, 0.4) is 0 Å². The summed E-state index contributed by atoms with van der Waals surface area (Å²) in [4.78, 5) is 10.6. The molecule has 3 aromatic rings. The van der Waals surface area contributed by atoms with E-state index in [1.165, 1.54) is 16.8 Å². The van der Waals surface area contributed by atoms with Crippen molar-refractivity contribution in [2.45, 2.75) is 11.0 Å². The average molecular weight is 465 g/mol. The van der Waals surface area contributed by atoms with Crippen LogP contribution >= 0.6 is 34.2 Å². The zero-order valence-electron chi connectivity index (χ0n) is 13.8. The zero-order valence-corrected chi connectivity index (χ0v) is 16.7. The molecule has 0 atom stereocenters. The molecule has 25 heavy (non-hydrogen) atoms. The highest BCUT2D eigenvalue weighted by atomic mass is 127. The molecule has 3 rings (SSSR count). The lowest BCUT2D eigenvalue weighted by atomic mass is 10.1. The number of nitrogens with one attached hydrogen (secondary N) is 1. The van der Waals surface area contributed by atoms with Gasteiger partial charge in [0.1, 0.15) is 5.15 Å². The van der Waals surface area contributed by atoms with E-state index in [0.717, 1.165) is 16.7 Å². The molecule has 1 N–H and O–H groups in total. The lowest BCUT2D eigenvalue weighted by molar-refractivity contribution is 0.917. The number of nitrogens with zero attached hydrogens (tertiary/aromatic N) is 3. The van der Waals surface area contributed by atoms with Gasteiger partial charge < -0.3 is 10.2 Å². The summed E-state index contributed by atoms with van der Waals surface area (Å²) in [5.74, 6) is 0.492. The summed E-state index contributed by atoms with van der Waals surface area (Å²) < 4.78 is 0.945. The number of halogens is 2. The summed E-state index contributed by atoms with van der Waals surface area (Å²) in [5, 5.41) is 3.64. The second-order valence-electron chi connectivity index (χ2n) is 5.65. The second-order valence-corrected chi connectivity index (χ2v) is 6.80. The Morgan fingerprint density at radius 2 is 1.92 bits per heavy atom. The largest absolute Gasteiger partial charge is 0.370 e. The predicted molar refractivity (Wildman–Crippen MR) is 113 cm³/mol. The lowest BCUT2D eigenvalue weighted by Gasteiger charge is -2.23. The van der Waals surface area contributed by atoms with Crippen LogP contribution in [0.2, 0.25) is 5.15 Å². The quantitative estimate of drug-likeness (QED) is 0.299. The Kier molecular flexibility index (Phi) is 6.09. The van der Waals surface area contributed by atoms with Gasteiger partial charge in [-0.05, 0) is 29.3 Å². The molecule has 2 aromatic carbocycles. The molecule has 0 unspecified atom stereocenters. The number of alkyl halides is 1. The molecule has 0 saturated carbocycles. The Labute approximate surface area is 166 Å². The Bertz CT molecular complexity index is 842. The van der Waals surface area contributed by atoms with Gasteiger partial charge in [0.2, 0.25) is 5.95 Å². The number of benzene rings is 2. The maximum atomic E-state index is 5.93. The molecule has 1 aromatic heterocycles. The van der Waals surface area contributed by atoms with Crippen LogP contribution in [0.5, 0.6) is 0 Å². The van der Waals surface area contributed by atoms with Gasteiger partial charge in [0, 0.05) is 35.6 Å². The molecule has 0 spiro atoms. The molecule has 0 saturated heterocycles. The van der Waals surface area contributed by atoms with E-state index in [1.54, 1.807) is 12.3 Å². The fourth-order valence-corrected chi connectivity index (χ4v) is 3.36. The van der Waals surface area contributed by atoms with Crippen molar-refractivity contribution < 1.29 is 0 Å². The Balaban J connectivity index is 1.84. The highest BCUT2D eigenvalue weighted by molar-refractivity contribution is 14.1. The fourth-order valence-electron chi connectivity index (χ4n) is 2.58. The number of hydrogen-bond donors (Lipinski definition) is 1. The van der Waals surface area contributed by atoms with Crippen LogP contribution in [0.25, 0.3) is 0 Å². The summed E-state index contributed by atoms with van der Waals surface area (Å²) in [7, 11) is 2.11. The fraction of sp³-hybridized carbons (Fsp3) is 0.158. The smallest absolute Gasteiger partial charge is 0.228 e. The summed E-state index contributed by atoms with van der Waals surface area (Å²) >= 11 is 8.32. The highest BCUT2D eigenvalue weighted by Gasteiger charge is 2.10. The van der Waals surface area contributed by atoms with Crippen molar-refractivity contribution in [1.29, 1.82) is 0 Å². The van der Waals surface area contributed by atoms with Crippen molar-refractivity contribution in [2.75, 3.05) is 17.3 Å². The first-order valence-corrected chi connectivity index (χ1v) is 9.75. The van der Waals surface area contributed by atoms with Crippen LogP contribution < -0.4 is 10.2 Å². The van der Waals surface area contributed by atoms with Crippen LogP contribution in [0.15, 0.2) is 60.8 Å². The minimum absolute atomic E-state index is 0.419. The van der Waals surface area contributed by atoms with Gasteiger partial charge in [-0.3, -0.25) is 0 Å². The summed E-state index contributed by atoms with van der Waals surface area (Å²) in [6.07, 6.45) is 1.64. The van der Waals surface area contributed by atoms with Crippen molar-refractivity contribution >= 4 is 51.5 Å². The number of rotatable bonds is 6. The molecule has 0 radical (unpaired) electrons. The van der Waals surface area contributed by atoms with Crippen molar-refractivity contribution in [3.05, 3.63) is 77.1 Å². The molecule has 0 aliphatic carbocycles. The Morgan fingerprint density at radius 1 is 1.12 bits per heavy atom. The third kappa shape index (κ3) is 4.83. The van der Waals surface area contributed by atoms with Gasteiger partial charge in [-0.2, -0.15) is 0 Å². The highest BCUT2D eigenvalue weighted by Crippen LogP contribution is 2.28. The first kappa shape index (κ1) is 17.9. The first-order chi connectivity index (χ1) is 12.2. The van der Waals surface area contributed by atoms with Crippen molar-refractivity contribution in [3.63, 3.8) is 0 Å². The van der Waals surface area contributed by atoms with E-state index in [-0.39, 0.29) is 0 Å². The topological polar surface area (TPSA) is 41.0 Å². The van der Waals surface area contributed by atoms with Gasteiger partial charge >= 0.3 is 0 Å². The molecule has 6 heteroatoms. The molecular weight excluding hydrogens is 447 g/mol. The number of aromatic nitrogens is 2. The minimum Gasteiger partial charge on any atom is -0.370 e. The Hall–Kier alpha value is -1.86. The molecule has 0 fully saturated rings. The van der Waals surface area contributed by atoms with Crippen LogP contribution in [0, 0.1) is 0 Å². The molecule has 0 bridgehead atoms. The van der Waals surface area contributed by atoms with E-state index in [2.05, 4.69) is 86.2 Å². The summed E-state index contributed by atoms with van der Waals surface area (Å²) in [5.41, 5.74) is 4.69. The van der Waals surface area contributed by atoms with E-state index >= 15 is 0 Å². The van der Waals surface area contributed by atoms with E-state index in [0.29, 0.717) is 11.1 Å². The summed E-state index contributed by atoms with van der Waals surface area (Å²) in [6.45, 7) is 0.849. The van der Waals surface area contributed by atoms with Gasteiger partial charge in [-0.15, -0.1) is 0 Å². The van der Waals surface area contributed by atoms with Crippen LogP contribution in [-0.4, -0.2) is 17.0 Å². The zero-order chi connectivity index (χ0) is 17.6. The van der Waals surface area contributed by atoms with Gasteiger partial charge in [0.25, 0.3) is 0 Å². The van der Waals surface area contributed by atoms with Crippen LogP contribution in [-0.2, 0) is 11.0 Å². The standard InChI is InChI=1S/C19H18ClIN4/c1-25(13-14-5-3-2-4-6-14)17-11-16(8-7-15(17)12-21)23-19-22-10-9-18(20)24-19/h2-11H,12-13H2,1H3,(H,22,23,24).